The van der Waals surface area contributed by atoms with Crippen LogP contribution < -0.4 is 10.5 Å². The zero-order valence-electron chi connectivity index (χ0n) is 21.2. The molecule has 1 aromatic heterocycles. The van der Waals surface area contributed by atoms with Crippen LogP contribution in [0.4, 0.5) is 14.5 Å². The van der Waals surface area contributed by atoms with Crippen molar-refractivity contribution < 1.29 is 26.8 Å². The molecule has 0 bridgehead atoms. The first kappa shape index (κ1) is 27.2. The van der Waals surface area contributed by atoms with Gasteiger partial charge in [-0.3, -0.25) is 19.3 Å². The van der Waals surface area contributed by atoms with E-state index in [0.29, 0.717) is 22.0 Å². The second kappa shape index (κ2) is 11.0. The molecular formula is C28H25F2N5O4S. The number of carbonyl (C=O) groups is 2. The number of nitrogens with two attached hydrogens (primary N) is 1. The number of hydrogen-bond donors (Lipinski definition) is 2. The van der Waals surface area contributed by atoms with Gasteiger partial charge in [0.05, 0.1) is 16.8 Å². The normalized spacial score (nSPS) is 13.9. The smallest absolute Gasteiger partial charge is 0.264 e. The third kappa shape index (κ3) is 5.23. The summed E-state index contributed by atoms with van der Waals surface area (Å²) in [6, 6.07) is 16.3. The summed E-state index contributed by atoms with van der Waals surface area (Å²) >= 11 is 0. The lowest BCUT2D eigenvalue weighted by molar-refractivity contribution is 0.0532. The molecular weight excluding hydrogens is 540 g/mol. The number of halogens is 2. The third-order valence-corrected chi connectivity index (χ3v) is 8.13. The molecule has 0 aliphatic carbocycles. The number of fused-ring (bicyclic) bond motifs is 1. The highest BCUT2D eigenvalue weighted by Gasteiger charge is 2.28. The molecule has 2 amide bonds. The van der Waals surface area contributed by atoms with Gasteiger partial charge in [0.1, 0.15) is 4.90 Å². The van der Waals surface area contributed by atoms with Crippen molar-refractivity contribution in [2.24, 2.45) is 5.73 Å². The summed E-state index contributed by atoms with van der Waals surface area (Å²) in [5, 5.41) is 0.674. The number of benzene rings is 3. The highest BCUT2D eigenvalue weighted by molar-refractivity contribution is 7.93. The highest BCUT2D eigenvalue weighted by Crippen LogP contribution is 2.26. The molecule has 0 atom stereocenters. The van der Waals surface area contributed by atoms with Crippen LogP contribution >= 0.6 is 0 Å². The number of nitrogens with zero attached hydrogens (tertiary/aromatic N) is 3. The van der Waals surface area contributed by atoms with Crippen molar-refractivity contribution in [3.63, 3.8) is 0 Å². The molecule has 0 unspecified atom stereocenters. The minimum atomic E-state index is -4.02. The first-order valence-electron chi connectivity index (χ1n) is 12.4. The molecule has 1 aliphatic rings. The molecule has 9 nitrogen and oxygen atoms in total. The van der Waals surface area contributed by atoms with Crippen molar-refractivity contribution in [2.45, 2.75) is 11.4 Å². The second-order valence-corrected chi connectivity index (χ2v) is 10.8. The summed E-state index contributed by atoms with van der Waals surface area (Å²) in [5.41, 5.74) is 6.82. The van der Waals surface area contributed by atoms with Gasteiger partial charge < -0.3 is 15.5 Å². The SMILES string of the molecule is NCc1cc(C(=O)N2CCN(C(=O)c3cccc(F)c3F)CC2)ccc1NS(=O)(=O)c1cccc2cccnc12. The Bertz CT molecular complexity index is 1720. The summed E-state index contributed by atoms with van der Waals surface area (Å²) in [7, 11) is -4.02. The Balaban J connectivity index is 1.30. The maximum absolute atomic E-state index is 14.1. The van der Waals surface area contributed by atoms with Gasteiger partial charge in [-0.15, -0.1) is 0 Å². The lowest BCUT2D eigenvalue weighted by Crippen LogP contribution is -2.50. The average molecular weight is 566 g/mol. The van der Waals surface area contributed by atoms with E-state index in [-0.39, 0.29) is 54.8 Å². The van der Waals surface area contributed by atoms with Crippen LogP contribution in [0.1, 0.15) is 26.3 Å². The lowest BCUT2D eigenvalue weighted by atomic mass is 10.1. The molecule has 1 aliphatic heterocycles. The summed E-state index contributed by atoms with van der Waals surface area (Å²) in [6.45, 7) is 0.612. The largest absolute Gasteiger partial charge is 0.335 e. The third-order valence-electron chi connectivity index (χ3n) is 6.74. The van der Waals surface area contributed by atoms with Crippen molar-refractivity contribution in [1.29, 1.82) is 0 Å². The van der Waals surface area contributed by atoms with Crippen LogP contribution in [0.25, 0.3) is 10.9 Å². The number of amides is 2. The second-order valence-electron chi connectivity index (χ2n) is 9.20. The van der Waals surface area contributed by atoms with E-state index in [1.807, 2.05) is 0 Å². The van der Waals surface area contributed by atoms with Crippen LogP contribution in [-0.4, -0.2) is 61.2 Å². The Kier molecular flexibility index (Phi) is 7.46. The number of rotatable bonds is 6. The van der Waals surface area contributed by atoms with E-state index in [2.05, 4.69) is 9.71 Å². The number of aromatic nitrogens is 1. The first-order valence-corrected chi connectivity index (χ1v) is 13.9. The van der Waals surface area contributed by atoms with E-state index in [4.69, 9.17) is 5.73 Å². The van der Waals surface area contributed by atoms with E-state index in [0.717, 1.165) is 6.07 Å². The molecule has 4 aromatic rings. The first-order chi connectivity index (χ1) is 19.2. The molecule has 1 fully saturated rings. The fourth-order valence-corrected chi connectivity index (χ4v) is 5.90. The van der Waals surface area contributed by atoms with Gasteiger partial charge >= 0.3 is 0 Å². The van der Waals surface area contributed by atoms with Gasteiger partial charge in [-0.25, -0.2) is 17.2 Å². The van der Waals surface area contributed by atoms with Crippen LogP contribution in [0.2, 0.25) is 0 Å². The minimum Gasteiger partial charge on any atom is -0.335 e. The molecule has 3 N–H and O–H groups in total. The van der Waals surface area contributed by atoms with E-state index in [1.54, 1.807) is 24.3 Å². The molecule has 1 saturated heterocycles. The predicted molar refractivity (Wildman–Crippen MR) is 145 cm³/mol. The number of sulfonamides is 1. The van der Waals surface area contributed by atoms with Crippen LogP contribution in [0.5, 0.6) is 0 Å². The van der Waals surface area contributed by atoms with E-state index >= 15 is 0 Å². The molecule has 0 radical (unpaired) electrons. The minimum absolute atomic E-state index is 0.0132. The molecule has 40 heavy (non-hydrogen) atoms. The van der Waals surface area contributed by atoms with Crippen LogP contribution in [0.3, 0.4) is 0 Å². The molecule has 206 valence electrons. The van der Waals surface area contributed by atoms with E-state index in [1.165, 1.54) is 52.4 Å². The van der Waals surface area contributed by atoms with Gasteiger partial charge in [-0.2, -0.15) is 0 Å². The van der Waals surface area contributed by atoms with Crippen molar-refractivity contribution in [1.82, 2.24) is 14.8 Å². The molecule has 12 heteroatoms. The van der Waals surface area contributed by atoms with Crippen molar-refractivity contribution >= 4 is 38.4 Å². The van der Waals surface area contributed by atoms with E-state index in [9.17, 15) is 26.8 Å². The fraction of sp³-hybridized carbons (Fsp3) is 0.179. The number of pyridine rings is 1. The van der Waals surface area contributed by atoms with E-state index < -0.39 is 27.6 Å². The lowest BCUT2D eigenvalue weighted by Gasteiger charge is -2.35. The number of hydrogen-bond acceptors (Lipinski definition) is 6. The Morgan fingerprint density at radius 3 is 2.30 bits per heavy atom. The van der Waals surface area contributed by atoms with Crippen LogP contribution in [-0.2, 0) is 16.6 Å². The number of nitrogens with one attached hydrogen (secondary N) is 1. The van der Waals surface area contributed by atoms with Crippen molar-refractivity contribution in [2.75, 3.05) is 30.9 Å². The highest BCUT2D eigenvalue weighted by atomic mass is 32.2. The Morgan fingerprint density at radius 2 is 1.57 bits per heavy atom. The van der Waals surface area contributed by atoms with Crippen LogP contribution in [0, 0.1) is 11.6 Å². The number of piperazine rings is 1. The van der Waals surface area contributed by atoms with Gasteiger partial charge in [0.2, 0.25) is 0 Å². The molecule has 0 saturated carbocycles. The van der Waals surface area contributed by atoms with Crippen LogP contribution in [0.15, 0.2) is 77.8 Å². The van der Waals surface area contributed by atoms with Crippen molar-refractivity contribution in [3.8, 4) is 0 Å². The summed E-state index contributed by atoms with van der Waals surface area (Å²) < 4.78 is 56.6. The average Bonchev–Trinajstić information content (AvgIpc) is 2.97. The molecule has 0 spiro atoms. The number of para-hydroxylation sites is 1. The summed E-state index contributed by atoms with van der Waals surface area (Å²) in [5.74, 6) is -3.28. The fourth-order valence-electron chi connectivity index (χ4n) is 4.62. The van der Waals surface area contributed by atoms with Gasteiger partial charge in [-0.05, 0) is 48.0 Å². The molecule has 3 aromatic carbocycles. The van der Waals surface area contributed by atoms with Gasteiger partial charge in [-0.1, -0.05) is 24.3 Å². The maximum atomic E-state index is 14.1. The predicted octanol–water partition coefficient (Wildman–Crippen LogP) is 3.37. The molecule has 2 heterocycles. The summed E-state index contributed by atoms with van der Waals surface area (Å²) in [4.78, 5) is 33.0. The Morgan fingerprint density at radius 1 is 0.900 bits per heavy atom. The van der Waals surface area contributed by atoms with Gasteiger partial charge in [0.15, 0.2) is 11.6 Å². The van der Waals surface area contributed by atoms with Gasteiger partial charge in [0.25, 0.3) is 21.8 Å². The quantitative estimate of drug-likeness (QED) is 0.369. The standard InChI is InChI=1S/C28H25F2N5O4S/c29-22-7-2-6-21(25(22)30)28(37)35-14-12-34(13-15-35)27(36)19-9-10-23(20(16-19)17-31)33-40(38,39)24-8-1-4-18-5-3-11-32-26(18)24/h1-11,16,33H,12-15,17,31H2. The number of carbonyl (C=O) groups excluding carboxylic acids is 2. The maximum Gasteiger partial charge on any atom is 0.264 e. The number of anilines is 1. The topological polar surface area (TPSA) is 126 Å². The molecule has 5 rings (SSSR count). The zero-order valence-corrected chi connectivity index (χ0v) is 22.0. The zero-order chi connectivity index (χ0) is 28.4. The van der Waals surface area contributed by atoms with Gasteiger partial charge in [0, 0.05) is 49.9 Å². The Labute approximate surface area is 229 Å². The van der Waals surface area contributed by atoms with Crippen molar-refractivity contribution in [3.05, 3.63) is 101 Å². The summed E-state index contributed by atoms with van der Waals surface area (Å²) in [6.07, 6.45) is 1.52. The monoisotopic (exact) mass is 565 g/mol. The Hall–Kier alpha value is -4.42.